The van der Waals surface area contributed by atoms with E-state index in [0.29, 0.717) is 17.8 Å². The van der Waals surface area contributed by atoms with Gasteiger partial charge in [0.25, 0.3) is 0 Å². The van der Waals surface area contributed by atoms with E-state index < -0.39 is 12.1 Å². The van der Waals surface area contributed by atoms with Crippen LogP contribution >= 0.6 is 11.6 Å². The van der Waals surface area contributed by atoms with Gasteiger partial charge < -0.3 is 10.1 Å². The molecule has 0 aliphatic heterocycles. The van der Waals surface area contributed by atoms with E-state index in [4.69, 9.17) is 21.6 Å². The van der Waals surface area contributed by atoms with Gasteiger partial charge in [0.15, 0.2) is 0 Å². The molecule has 7 heteroatoms. The predicted octanol–water partition coefficient (Wildman–Crippen LogP) is 2.86. The van der Waals surface area contributed by atoms with Gasteiger partial charge in [-0.2, -0.15) is 5.26 Å². The first-order valence-electron chi connectivity index (χ1n) is 7.07. The molecule has 1 atom stereocenters. The van der Waals surface area contributed by atoms with Crippen molar-refractivity contribution in [2.75, 3.05) is 11.2 Å². The first kappa shape index (κ1) is 15.3. The van der Waals surface area contributed by atoms with Crippen LogP contribution < -0.4 is 5.32 Å². The highest BCUT2D eigenvalue weighted by atomic mass is 35.5. The Bertz CT molecular complexity index is 771. The molecule has 1 aliphatic rings. The number of alkyl halides is 1. The van der Waals surface area contributed by atoms with Crippen LogP contribution in [0.15, 0.2) is 30.6 Å². The van der Waals surface area contributed by atoms with Crippen LogP contribution in [0.4, 0.5) is 11.5 Å². The molecule has 116 valence electrons. The average molecular weight is 329 g/mol. The smallest absolute Gasteiger partial charge is 0.321 e. The highest BCUT2D eigenvalue weighted by Crippen LogP contribution is 2.37. The zero-order valence-electron chi connectivity index (χ0n) is 12.1. The minimum absolute atomic E-state index is 0.183. The number of aromatic nitrogens is 2. The van der Waals surface area contributed by atoms with Gasteiger partial charge in [-0.3, -0.25) is 4.79 Å². The van der Waals surface area contributed by atoms with E-state index in [0.717, 1.165) is 23.4 Å². The molecule has 1 aromatic carbocycles. The SMILES string of the molecule is N#Cc1ccc(Nc2ncnc3c2C(OC(=O)CCl)CC3)cc1. The van der Waals surface area contributed by atoms with Gasteiger partial charge >= 0.3 is 5.97 Å². The van der Waals surface area contributed by atoms with Crippen molar-refractivity contribution in [1.29, 1.82) is 5.26 Å². The molecule has 3 rings (SSSR count). The molecule has 0 saturated carbocycles. The maximum Gasteiger partial charge on any atom is 0.321 e. The first-order valence-corrected chi connectivity index (χ1v) is 7.61. The summed E-state index contributed by atoms with van der Waals surface area (Å²) in [5.41, 5.74) is 3.02. The Kier molecular flexibility index (Phi) is 4.40. The number of rotatable bonds is 4. The Hall–Kier alpha value is -2.65. The quantitative estimate of drug-likeness (QED) is 0.686. The maximum atomic E-state index is 11.5. The lowest BCUT2D eigenvalue weighted by Gasteiger charge is -2.16. The predicted molar refractivity (Wildman–Crippen MR) is 84.3 cm³/mol. The van der Waals surface area contributed by atoms with Gasteiger partial charge in [0.05, 0.1) is 22.9 Å². The van der Waals surface area contributed by atoms with Crippen LogP contribution in [0.3, 0.4) is 0 Å². The van der Waals surface area contributed by atoms with E-state index in [9.17, 15) is 4.79 Å². The number of nitrogens with one attached hydrogen (secondary N) is 1. The summed E-state index contributed by atoms with van der Waals surface area (Å²) >= 11 is 5.51. The minimum Gasteiger partial charge on any atom is -0.456 e. The molecule has 0 amide bonds. The molecule has 1 heterocycles. The van der Waals surface area contributed by atoms with Crippen LogP contribution in [0.1, 0.15) is 29.3 Å². The number of anilines is 2. The molecular formula is C16H13ClN4O2. The van der Waals surface area contributed by atoms with Gasteiger partial charge in [0.1, 0.15) is 24.1 Å². The third-order valence-electron chi connectivity index (χ3n) is 3.59. The molecule has 0 bridgehead atoms. The van der Waals surface area contributed by atoms with Crippen molar-refractivity contribution >= 4 is 29.1 Å². The normalized spacial score (nSPS) is 15.6. The monoisotopic (exact) mass is 328 g/mol. The summed E-state index contributed by atoms with van der Waals surface area (Å²) in [7, 11) is 0. The molecule has 1 unspecified atom stereocenters. The molecule has 1 aliphatic carbocycles. The van der Waals surface area contributed by atoms with Gasteiger partial charge in [0.2, 0.25) is 0 Å². The summed E-state index contributed by atoms with van der Waals surface area (Å²) in [6.45, 7) is 0. The van der Waals surface area contributed by atoms with Gasteiger partial charge in [-0.05, 0) is 37.1 Å². The summed E-state index contributed by atoms with van der Waals surface area (Å²) in [5, 5.41) is 12.0. The Labute approximate surface area is 138 Å². The number of nitrogens with zero attached hydrogens (tertiary/aromatic N) is 3. The number of fused-ring (bicyclic) bond motifs is 1. The third kappa shape index (κ3) is 3.25. The van der Waals surface area contributed by atoms with E-state index >= 15 is 0 Å². The van der Waals surface area contributed by atoms with Crippen LogP contribution in [0.5, 0.6) is 0 Å². The van der Waals surface area contributed by atoms with Crippen molar-refractivity contribution in [3.05, 3.63) is 47.4 Å². The Morgan fingerprint density at radius 1 is 1.39 bits per heavy atom. The lowest BCUT2D eigenvalue weighted by Crippen LogP contribution is -2.12. The third-order valence-corrected chi connectivity index (χ3v) is 3.81. The van der Waals surface area contributed by atoms with E-state index in [1.54, 1.807) is 24.3 Å². The topological polar surface area (TPSA) is 87.9 Å². The Balaban J connectivity index is 1.87. The molecule has 23 heavy (non-hydrogen) atoms. The summed E-state index contributed by atoms with van der Waals surface area (Å²) in [6.07, 6.45) is 2.48. The molecule has 2 aromatic rings. The van der Waals surface area contributed by atoms with Crippen molar-refractivity contribution in [3.8, 4) is 6.07 Å². The summed E-state index contributed by atoms with van der Waals surface area (Å²) in [6, 6.07) is 9.09. The van der Waals surface area contributed by atoms with Crippen LogP contribution in [0, 0.1) is 11.3 Å². The fraction of sp³-hybridized carbons (Fsp3) is 0.250. The maximum absolute atomic E-state index is 11.5. The van der Waals surface area contributed by atoms with Crippen molar-refractivity contribution in [3.63, 3.8) is 0 Å². The van der Waals surface area contributed by atoms with E-state index in [2.05, 4.69) is 21.4 Å². The number of ether oxygens (including phenoxy) is 1. The van der Waals surface area contributed by atoms with E-state index in [-0.39, 0.29) is 5.88 Å². The number of carbonyl (C=O) groups excluding carboxylic acids is 1. The second-order valence-electron chi connectivity index (χ2n) is 5.05. The Morgan fingerprint density at radius 2 is 2.17 bits per heavy atom. The van der Waals surface area contributed by atoms with Crippen molar-refractivity contribution in [2.45, 2.75) is 18.9 Å². The second kappa shape index (κ2) is 6.63. The lowest BCUT2D eigenvalue weighted by molar-refractivity contribution is -0.146. The number of hydrogen-bond donors (Lipinski definition) is 1. The highest BCUT2D eigenvalue weighted by molar-refractivity contribution is 6.26. The molecule has 6 nitrogen and oxygen atoms in total. The highest BCUT2D eigenvalue weighted by Gasteiger charge is 2.30. The molecule has 1 aromatic heterocycles. The van der Waals surface area contributed by atoms with Crippen LogP contribution in [-0.2, 0) is 16.0 Å². The second-order valence-corrected chi connectivity index (χ2v) is 5.31. The van der Waals surface area contributed by atoms with E-state index in [1.165, 1.54) is 6.33 Å². The van der Waals surface area contributed by atoms with Gasteiger partial charge in [-0.1, -0.05) is 0 Å². The summed E-state index contributed by atoms with van der Waals surface area (Å²) in [5.74, 6) is -0.0416. The van der Waals surface area contributed by atoms with Crippen LogP contribution in [-0.4, -0.2) is 21.8 Å². The lowest BCUT2D eigenvalue weighted by atomic mass is 10.2. The fourth-order valence-electron chi connectivity index (χ4n) is 2.55. The summed E-state index contributed by atoms with van der Waals surface area (Å²) in [4.78, 5) is 20.0. The first-order chi connectivity index (χ1) is 11.2. The average Bonchev–Trinajstić information content (AvgIpc) is 2.99. The molecule has 0 saturated heterocycles. The number of nitriles is 1. The van der Waals surface area contributed by atoms with Gasteiger partial charge in [0, 0.05) is 5.69 Å². The minimum atomic E-state index is -0.460. The number of halogens is 1. The number of aryl methyl sites for hydroxylation is 1. The largest absolute Gasteiger partial charge is 0.456 e. The Morgan fingerprint density at radius 3 is 2.87 bits per heavy atom. The van der Waals surface area contributed by atoms with Crippen molar-refractivity contribution in [2.24, 2.45) is 0 Å². The van der Waals surface area contributed by atoms with Crippen LogP contribution in [0.25, 0.3) is 0 Å². The van der Waals surface area contributed by atoms with Gasteiger partial charge in [-0.15, -0.1) is 11.6 Å². The molecule has 0 radical (unpaired) electrons. The van der Waals surface area contributed by atoms with Crippen molar-refractivity contribution in [1.82, 2.24) is 9.97 Å². The van der Waals surface area contributed by atoms with E-state index in [1.807, 2.05) is 0 Å². The number of benzene rings is 1. The standard InChI is InChI=1S/C16H13ClN4O2/c17-7-14(22)23-13-6-5-12-15(13)16(20-9-19-12)21-11-3-1-10(8-18)2-4-11/h1-4,9,13H,5-7H2,(H,19,20,21). The molecule has 0 spiro atoms. The zero-order chi connectivity index (χ0) is 16.2. The number of carbonyl (C=O) groups is 1. The number of esters is 1. The molecule has 0 fully saturated rings. The van der Waals surface area contributed by atoms with Gasteiger partial charge in [-0.25, -0.2) is 9.97 Å². The molecular weight excluding hydrogens is 316 g/mol. The molecule has 1 N–H and O–H groups in total. The number of hydrogen-bond acceptors (Lipinski definition) is 6. The summed E-state index contributed by atoms with van der Waals surface area (Å²) < 4.78 is 5.37. The van der Waals surface area contributed by atoms with Crippen molar-refractivity contribution < 1.29 is 9.53 Å². The zero-order valence-corrected chi connectivity index (χ0v) is 12.9. The van der Waals surface area contributed by atoms with Crippen LogP contribution in [0.2, 0.25) is 0 Å². The fourth-order valence-corrected chi connectivity index (χ4v) is 2.62.